The lowest BCUT2D eigenvalue weighted by Crippen LogP contribution is -2.24. The fourth-order valence-electron chi connectivity index (χ4n) is 2.91. The number of benzene rings is 2. The van der Waals surface area contributed by atoms with Crippen molar-refractivity contribution in [3.63, 3.8) is 0 Å². The number of carbonyl (C=O) groups excluding carboxylic acids is 1. The topological polar surface area (TPSA) is 59.2 Å². The fourth-order valence-corrected chi connectivity index (χ4v) is 3.10. The van der Waals surface area contributed by atoms with Crippen molar-refractivity contribution < 1.29 is 13.7 Å². The molecule has 7 heteroatoms. The van der Waals surface area contributed by atoms with Crippen LogP contribution in [0.2, 0.25) is 5.02 Å². The van der Waals surface area contributed by atoms with Gasteiger partial charge in [0.25, 0.3) is 0 Å². The van der Waals surface area contributed by atoms with E-state index >= 15 is 0 Å². The molecule has 0 spiro atoms. The van der Waals surface area contributed by atoms with Gasteiger partial charge in [0.15, 0.2) is 0 Å². The molecule has 0 N–H and O–H groups in total. The minimum absolute atomic E-state index is 0.0990. The molecule has 0 aliphatic carbocycles. The third-order valence-electron chi connectivity index (χ3n) is 4.12. The van der Waals surface area contributed by atoms with Gasteiger partial charge >= 0.3 is 0 Å². The number of rotatable bonds is 3. The molecule has 4 rings (SSSR count). The number of aromatic nitrogens is 2. The van der Waals surface area contributed by atoms with E-state index in [2.05, 4.69) is 10.1 Å². The van der Waals surface area contributed by atoms with E-state index in [1.54, 1.807) is 30.3 Å². The van der Waals surface area contributed by atoms with E-state index in [1.165, 1.54) is 17.0 Å². The molecule has 1 aliphatic heterocycles. The zero-order valence-electron chi connectivity index (χ0n) is 13.0. The van der Waals surface area contributed by atoms with E-state index in [4.69, 9.17) is 16.1 Å². The van der Waals surface area contributed by atoms with E-state index in [-0.39, 0.29) is 24.1 Å². The molecule has 1 fully saturated rings. The van der Waals surface area contributed by atoms with Gasteiger partial charge in [0.1, 0.15) is 5.82 Å². The smallest absolute Gasteiger partial charge is 0.232 e. The second kappa shape index (κ2) is 6.29. The van der Waals surface area contributed by atoms with Crippen molar-refractivity contribution in [3.8, 4) is 11.4 Å². The SMILES string of the molecule is O=C1CC(c2nc(-c3cccc(Cl)c3)no2)CN1c1cccc(F)c1. The van der Waals surface area contributed by atoms with Crippen molar-refractivity contribution in [1.82, 2.24) is 10.1 Å². The lowest BCUT2D eigenvalue weighted by atomic mass is 10.1. The van der Waals surface area contributed by atoms with Crippen molar-refractivity contribution in [2.24, 2.45) is 0 Å². The highest BCUT2D eigenvalue weighted by Crippen LogP contribution is 2.32. The van der Waals surface area contributed by atoms with Crippen molar-refractivity contribution in [1.29, 1.82) is 0 Å². The van der Waals surface area contributed by atoms with Gasteiger partial charge in [-0.3, -0.25) is 4.79 Å². The molecule has 1 atom stereocenters. The zero-order chi connectivity index (χ0) is 17.4. The summed E-state index contributed by atoms with van der Waals surface area (Å²) >= 11 is 5.98. The summed E-state index contributed by atoms with van der Waals surface area (Å²) in [7, 11) is 0. The van der Waals surface area contributed by atoms with E-state index in [9.17, 15) is 9.18 Å². The first kappa shape index (κ1) is 15.8. The van der Waals surface area contributed by atoms with Gasteiger partial charge in [-0.15, -0.1) is 0 Å². The number of amides is 1. The van der Waals surface area contributed by atoms with Crippen LogP contribution in [0.1, 0.15) is 18.2 Å². The van der Waals surface area contributed by atoms with Crippen LogP contribution in [0.15, 0.2) is 53.1 Å². The molecule has 5 nitrogen and oxygen atoms in total. The van der Waals surface area contributed by atoms with E-state index < -0.39 is 0 Å². The molecule has 1 aliphatic rings. The first-order valence-corrected chi connectivity index (χ1v) is 8.13. The molecule has 0 bridgehead atoms. The molecule has 2 aromatic carbocycles. The molecule has 1 aromatic heterocycles. The summed E-state index contributed by atoms with van der Waals surface area (Å²) in [5, 5.41) is 4.56. The lowest BCUT2D eigenvalue weighted by Gasteiger charge is -2.15. The van der Waals surface area contributed by atoms with Crippen LogP contribution in [0.3, 0.4) is 0 Å². The first-order chi connectivity index (χ1) is 12.1. The van der Waals surface area contributed by atoms with Crippen LogP contribution in [0.5, 0.6) is 0 Å². The number of nitrogens with zero attached hydrogens (tertiary/aromatic N) is 3. The predicted octanol–water partition coefficient (Wildman–Crippen LogP) is 4.05. The average Bonchev–Trinajstić information content (AvgIpc) is 3.21. The minimum Gasteiger partial charge on any atom is -0.339 e. The molecular formula is C18H13ClFN3O2. The highest BCUT2D eigenvalue weighted by molar-refractivity contribution is 6.30. The summed E-state index contributed by atoms with van der Waals surface area (Å²) in [4.78, 5) is 18.2. The van der Waals surface area contributed by atoms with Crippen molar-refractivity contribution in [2.75, 3.05) is 11.4 Å². The van der Waals surface area contributed by atoms with Crippen LogP contribution in [-0.4, -0.2) is 22.6 Å². The van der Waals surface area contributed by atoms with Gasteiger partial charge in [-0.1, -0.05) is 35.0 Å². The Morgan fingerprint density at radius 1 is 1.20 bits per heavy atom. The Balaban J connectivity index is 1.57. The molecule has 1 unspecified atom stereocenters. The molecule has 0 radical (unpaired) electrons. The summed E-state index contributed by atoms with van der Waals surface area (Å²) < 4.78 is 18.7. The summed E-state index contributed by atoms with van der Waals surface area (Å²) in [5.74, 6) is 0.112. The van der Waals surface area contributed by atoms with Gasteiger partial charge in [0, 0.05) is 29.2 Å². The maximum atomic E-state index is 13.4. The maximum Gasteiger partial charge on any atom is 0.232 e. The van der Waals surface area contributed by atoms with Crippen molar-refractivity contribution in [3.05, 3.63) is 65.3 Å². The fraction of sp³-hybridized carbons (Fsp3) is 0.167. The second-order valence-electron chi connectivity index (χ2n) is 5.85. The van der Waals surface area contributed by atoms with Crippen molar-refractivity contribution in [2.45, 2.75) is 12.3 Å². The van der Waals surface area contributed by atoms with Crippen molar-refractivity contribution >= 4 is 23.2 Å². The van der Waals surface area contributed by atoms with Crippen LogP contribution in [0.25, 0.3) is 11.4 Å². The summed E-state index contributed by atoms with van der Waals surface area (Å²) in [5.41, 5.74) is 1.27. The summed E-state index contributed by atoms with van der Waals surface area (Å²) in [6.45, 7) is 0.374. The van der Waals surface area contributed by atoms with Crippen LogP contribution in [0.4, 0.5) is 10.1 Å². The number of carbonyl (C=O) groups is 1. The molecule has 1 saturated heterocycles. The van der Waals surface area contributed by atoms with Gasteiger partial charge in [-0.25, -0.2) is 4.39 Å². The van der Waals surface area contributed by atoms with E-state index in [0.717, 1.165) is 5.56 Å². The molecule has 25 heavy (non-hydrogen) atoms. The normalized spacial score (nSPS) is 17.3. The monoisotopic (exact) mass is 357 g/mol. The molecule has 2 heterocycles. The average molecular weight is 358 g/mol. The van der Waals surface area contributed by atoms with E-state index in [0.29, 0.717) is 29.0 Å². The Labute approximate surface area is 148 Å². The number of halogens is 2. The number of hydrogen-bond donors (Lipinski definition) is 0. The van der Waals surface area contributed by atoms with Crippen LogP contribution in [0, 0.1) is 5.82 Å². The highest BCUT2D eigenvalue weighted by Gasteiger charge is 2.35. The standard InChI is InChI=1S/C18H13ClFN3O2/c19-13-4-1-3-11(7-13)17-21-18(25-22-17)12-8-16(24)23(10-12)15-6-2-5-14(20)9-15/h1-7,9,12H,8,10H2. The zero-order valence-corrected chi connectivity index (χ0v) is 13.8. The maximum absolute atomic E-state index is 13.4. The first-order valence-electron chi connectivity index (χ1n) is 7.75. The molecule has 3 aromatic rings. The Hall–Kier alpha value is -2.73. The third-order valence-corrected chi connectivity index (χ3v) is 4.35. The number of hydrogen-bond acceptors (Lipinski definition) is 4. The highest BCUT2D eigenvalue weighted by atomic mass is 35.5. The van der Waals surface area contributed by atoms with Crippen LogP contribution in [-0.2, 0) is 4.79 Å². The Morgan fingerprint density at radius 3 is 2.84 bits per heavy atom. The Morgan fingerprint density at radius 2 is 2.04 bits per heavy atom. The number of anilines is 1. The molecular weight excluding hydrogens is 345 g/mol. The largest absolute Gasteiger partial charge is 0.339 e. The van der Waals surface area contributed by atoms with Gasteiger partial charge < -0.3 is 9.42 Å². The van der Waals surface area contributed by atoms with Gasteiger partial charge in [-0.05, 0) is 30.3 Å². The predicted molar refractivity (Wildman–Crippen MR) is 90.9 cm³/mol. The van der Waals surface area contributed by atoms with Crippen LogP contribution < -0.4 is 4.90 Å². The van der Waals surface area contributed by atoms with Crippen LogP contribution >= 0.6 is 11.6 Å². The van der Waals surface area contributed by atoms with E-state index in [1.807, 2.05) is 6.07 Å². The summed E-state index contributed by atoms with van der Waals surface area (Å²) in [6, 6.07) is 13.1. The quantitative estimate of drug-likeness (QED) is 0.709. The molecule has 126 valence electrons. The van der Waals surface area contributed by atoms with Gasteiger partial charge in [0.2, 0.25) is 17.6 Å². The van der Waals surface area contributed by atoms with Gasteiger partial charge in [0.05, 0.1) is 5.92 Å². The minimum atomic E-state index is -0.380. The second-order valence-corrected chi connectivity index (χ2v) is 6.29. The third kappa shape index (κ3) is 3.13. The molecule has 0 saturated carbocycles. The molecule has 1 amide bonds. The Bertz CT molecular complexity index is 943. The van der Waals surface area contributed by atoms with Gasteiger partial charge in [-0.2, -0.15) is 4.98 Å². The Kier molecular flexibility index (Phi) is 3.97. The lowest BCUT2D eigenvalue weighted by molar-refractivity contribution is -0.117. The summed E-state index contributed by atoms with van der Waals surface area (Å²) in [6.07, 6.45) is 0.244.